The van der Waals surface area contributed by atoms with E-state index in [2.05, 4.69) is 34.3 Å². The fourth-order valence-electron chi connectivity index (χ4n) is 3.93. The number of nitrogens with one attached hydrogen (secondary N) is 2. The summed E-state index contributed by atoms with van der Waals surface area (Å²) in [6.07, 6.45) is 4.04. The van der Waals surface area contributed by atoms with Gasteiger partial charge in [0.15, 0.2) is 0 Å². The molecular formula is C25H35Cl2N5O2. The number of hydrogen-bond acceptors (Lipinski definition) is 5. The van der Waals surface area contributed by atoms with E-state index in [9.17, 15) is 9.59 Å². The van der Waals surface area contributed by atoms with Crippen LogP contribution in [0.25, 0.3) is 22.0 Å². The first-order valence-electron chi connectivity index (χ1n) is 11.5. The number of amides is 1. The molecule has 3 rings (SSSR count). The number of fused-ring (bicyclic) bond motifs is 1. The van der Waals surface area contributed by atoms with Gasteiger partial charge >= 0.3 is 0 Å². The topological polar surface area (TPSA) is 104 Å². The third kappa shape index (κ3) is 7.19. The second kappa shape index (κ2) is 14.6. The van der Waals surface area contributed by atoms with Gasteiger partial charge in [-0.2, -0.15) is 5.10 Å². The number of nitrogens with two attached hydrogens (primary N) is 1. The van der Waals surface area contributed by atoms with Crippen LogP contribution < -0.4 is 21.5 Å². The quantitative estimate of drug-likeness (QED) is 0.312. The van der Waals surface area contributed by atoms with E-state index in [1.54, 1.807) is 6.07 Å². The number of carbonyl (C=O) groups is 1. The Bertz CT molecular complexity index is 1110. The number of hydrogen-bond donors (Lipinski definition) is 3. The van der Waals surface area contributed by atoms with Crippen LogP contribution in [0.4, 0.5) is 11.4 Å². The van der Waals surface area contributed by atoms with E-state index in [-0.39, 0.29) is 36.3 Å². The molecule has 7 nitrogen and oxygen atoms in total. The second-order valence-electron chi connectivity index (χ2n) is 7.96. The zero-order chi connectivity index (χ0) is 22.9. The van der Waals surface area contributed by atoms with Crippen LogP contribution in [0.15, 0.2) is 47.3 Å². The summed E-state index contributed by atoms with van der Waals surface area (Å²) in [6.45, 7) is 6.70. The molecule has 0 bridgehead atoms. The number of anilines is 2. The summed E-state index contributed by atoms with van der Waals surface area (Å²) >= 11 is 0. The van der Waals surface area contributed by atoms with Crippen molar-refractivity contribution in [2.75, 3.05) is 29.9 Å². The van der Waals surface area contributed by atoms with Gasteiger partial charge in [-0.3, -0.25) is 9.59 Å². The lowest BCUT2D eigenvalue weighted by molar-refractivity contribution is -0.116. The van der Waals surface area contributed by atoms with Gasteiger partial charge in [0.05, 0.1) is 22.5 Å². The summed E-state index contributed by atoms with van der Waals surface area (Å²) in [5.74, 6) is -0.0240. The van der Waals surface area contributed by atoms with Crippen molar-refractivity contribution in [2.24, 2.45) is 5.73 Å². The molecule has 0 saturated carbocycles. The van der Waals surface area contributed by atoms with E-state index < -0.39 is 0 Å². The molecule has 0 aliphatic carbocycles. The molecule has 0 radical (unpaired) electrons. The summed E-state index contributed by atoms with van der Waals surface area (Å²) in [5.41, 5.74) is 8.64. The Balaban J connectivity index is 0.00000289. The molecule has 1 amide bonds. The number of halogens is 2. The average molecular weight is 508 g/mol. The van der Waals surface area contributed by atoms with Crippen molar-refractivity contribution in [3.63, 3.8) is 0 Å². The molecule has 1 aromatic heterocycles. The van der Waals surface area contributed by atoms with Crippen LogP contribution >= 0.6 is 24.8 Å². The number of nitrogens with zero attached hydrogens (tertiary/aromatic N) is 2. The first-order chi connectivity index (χ1) is 15.6. The van der Waals surface area contributed by atoms with Crippen LogP contribution in [0.3, 0.4) is 0 Å². The number of aromatic amines is 1. The molecule has 34 heavy (non-hydrogen) atoms. The first-order valence-corrected chi connectivity index (χ1v) is 11.5. The number of rotatable bonds is 11. The van der Waals surface area contributed by atoms with E-state index >= 15 is 0 Å². The van der Waals surface area contributed by atoms with Crippen LogP contribution in [0.2, 0.25) is 0 Å². The van der Waals surface area contributed by atoms with E-state index in [4.69, 9.17) is 5.73 Å². The van der Waals surface area contributed by atoms with Crippen LogP contribution in [-0.4, -0.2) is 35.7 Å². The van der Waals surface area contributed by atoms with Crippen LogP contribution in [0, 0.1) is 0 Å². The van der Waals surface area contributed by atoms with E-state index in [1.807, 2.05) is 36.4 Å². The molecule has 1 heterocycles. The minimum Gasteiger partial charge on any atom is -0.370 e. The highest BCUT2D eigenvalue weighted by Gasteiger charge is 2.16. The summed E-state index contributed by atoms with van der Waals surface area (Å²) in [5, 5.41) is 11.4. The zero-order valence-corrected chi connectivity index (χ0v) is 21.4. The SMILES string of the molecule is CCCN(CCC)c1ccc(-c2n[nH]c(=O)c3ccccc23)cc1NC(=O)CCCCN.Cl.Cl. The fraction of sp³-hybridized carbons (Fsp3) is 0.400. The molecule has 186 valence electrons. The zero-order valence-electron chi connectivity index (χ0n) is 19.8. The van der Waals surface area contributed by atoms with Crippen molar-refractivity contribution in [1.29, 1.82) is 0 Å². The molecule has 0 aliphatic heterocycles. The number of carbonyl (C=O) groups excluding carboxylic acids is 1. The minimum atomic E-state index is -0.216. The van der Waals surface area contributed by atoms with Crippen molar-refractivity contribution in [3.8, 4) is 11.3 Å². The molecule has 0 spiro atoms. The summed E-state index contributed by atoms with van der Waals surface area (Å²) in [7, 11) is 0. The lowest BCUT2D eigenvalue weighted by Gasteiger charge is -2.27. The number of H-pyrrole nitrogens is 1. The molecule has 2 aromatic carbocycles. The smallest absolute Gasteiger partial charge is 0.272 e. The lowest BCUT2D eigenvalue weighted by Crippen LogP contribution is -2.26. The van der Waals surface area contributed by atoms with Crippen molar-refractivity contribution in [2.45, 2.75) is 46.0 Å². The maximum Gasteiger partial charge on any atom is 0.272 e. The molecular weight excluding hydrogens is 473 g/mol. The van der Waals surface area contributed by atoms with Gasteiger partial charge in [0.25, 0.3) is 5.56 Å². The van der Waals surface area contributed by atoms with Crippen molar-refractivity contribution in [1.82, 2.24) is 10.2 Å². The molecule has 0 saturated heterocycles. The molecule has 4 N–H and O–H groups in total. The molecule has 0 fully saturated rings. The maximum absolute atomic E-state index is 12.6. The number of aromatic nitrogens is 2. The van der Waals surface area contributed by atoms with Gasteiger partial charge in [-0.15, -0.1) is 24.8 Å². The maximum atomic E-state index is 12.6. The monoisotopic (exact) mass is 507 g/mol. The van der Waals surface area contributed by atoms with E-state index in [0.29, 0.717) is 24.0 Å². The third-order valence-corrected chi connectivity index (χ3v) is 5.43. The summed E-state index contributed by atoms with van der Waals surface area (Å²) < 4.78 is 0. The standard InChI is InChI=1S/C25H33N5O2.2ClH/c1-3-15-30(16-4-2)22-13-12-18(17-21(22)27-23(31)11-7-8-14-26)24-19-9-5-6-10-20(19)25(32)29-28-24;;/h5-6,9-10,12-13,17H,3-4,7-8,11,14-16,26H2,1-2H3,(H,27,31)(H,29,32);2*1H. The Labute approximate surface area is 213 Å². The molecule has 0 aliphatic rings. The van der Waals surface area contributed by atoms with Crippen LogP contribution in [0.1, 0.15) is 46.0 Å². The van der Waals surface area contributed by atoms with Gasteiger partial charge in [0.1, 0.15) is 0 Å². The normalized spacial score (nSPS) is 10.3. The molecule has 0 unspecified atom stereocenters. The number of unbranched alkanes of at least 4 members (excludes halogenated alkanes) is 1. The molecule has 3 aromatic rings. The highest BCUT2D eigenvalue weighted by molar-refractivity contribution is 5.98. The third-order valence-electron chi connectivity index (χ3n) is 5.43. The molecule has 9 heteroatoms. The van der Waals surface area contributed by atoms with Gasteiger partial charge in [0.2, 0.25) is 5.91 Å². The van der Waals surface area contributed by atoms with Crippen molar-refractivity contribution >= 4 is 52.9 Å². The van der Waals surface area contributed by atoms with Gasteiger partial charge in [-0.05, 0) is 50.4 Å². The number of benzene rings is 2. The molecule has 0 atom stereocenters. The predicted octanol–water partition coefficient (Wildman–Crippen LogP) is 5.13. The first kappa shape index (κ1) is 29.4. The van der Waals surface area contributed by atoms with Crippen molar-refractivity contribution < 1.29 is 4.79 Å². The Morgan fingerprint density at radius 3 is 2.35 bits per heavy atom. The van der Waals surface area contributed by atoms with Gasteiger partial charge in [-0.25, -0.2) is 5.10 Å². The Morgan fingerprint density at radius 1 is 1.03 bits per heavy atom. The predicted molar refractivity (Wildman–Crippen MR) is 147 cm³/mol. The largest absolute Gasteiger partial charge is 0.370 e. The van der Waals surface area contributed by atoms with Crippen molar-refractivity contribution in [3.05, 3.63) is 52.8 Å². The highest BCUT2D eigenvalue weighted by Crippen LogP contribution is 2.33. The highest BCUT2D eigenvalue weighted by atomic mass is 35.5. The Morgan fingerprint density at radius 2 is 1.71 bits per heavy atom. The van der Waals surface area contributed by atoms with Gasteiger partial charge in [-0.1, -0.05) is 38.1 Å². The van der Waals surface area contributed by atoms with E-state index in [1.165, 1.54) is 0 Å². The van der Waals surface area contributed by atoms with Crippen LogP contribution in [-0.2, 0) is 4.79 Å². The van der Waals surface area contributed by atoms with Crippen LogP contribution in [0.5, 0.6) is 0 Å². The fourth-order valence-corrected chi connectivity index (χ4v) is 3.93. The van der Waals surface area contributed by atoms with Gasteiger partial charge in [0, 0.05) is 30.5 Å². The second-order valence-corrected chi connectivity index (χ2v) is 7.96. The summed E-state index contributed by atoms with van der Waals surface area (Å²) in [4.78, 5) is 27.1. The minimum absolute atomic E-state index is 0. The Kier molecular flexibility index (Phi) is 12.6. The average Bonchev–Trinajstić information content (AvgIpc) is 2.80. The Hall–Kier alpha value is -2.61. The summed E-state index contributed by atoms with van der Waals surface area (Å²) in [6, 6.07) is 13.4. The lowest BCUT2D eigenvalue weighted by atomic mass is 10.0. The van der Waals surface area contributed by atoms with Gasteiger partial charge < -0.3 is 16.0 Å². The van der Waals surface area contributed by atoms with E-state index in [0.717, 1.165) is 61.1 Å².